The molecule has 160 valence electrons. The molecule has 2 N–H and O–H groups in total. The molecule has 8 nitrogen and oxygen atoms in total. The number of hydrogen-bond acceptors (Lipinski definition) is 6. The summed E-state index contributed by atoms with van der Waals surface area (Å²) in [4.78, 5) is 23.7. The van der Waals surface area contributed by atoms with Crippen molar-refractivity contribution in [1.29, 1.82) is 0 Å². The van der Waals surface area contributed by atoms with E-state index in [9.17, 15) is 14.7 Å². The molecule has 1 aromatic heterocycles. The summed E-state index contributed by atoms with van der Waals surface area (Å²) in [5.74, 6) is 0.0662. The Balaban J connectivity index is 1.97. The SMILES string of the molecule is COc1ccc(C=CC(=O)Nc2ccccc2C(=O)O)c(OC)c1-c1c(C)noc1C. The number of carboxylic acid groups (broad SMARTS) is 1. The van der Waals surface area contributed by atoms with E-state index in [0.717, 1.165) is 5.56 Å². The second-order valence-electron chi connectivity index (χ2n) is 6.64. The van der Waals surface area contributed by atoms with Crippen molar-refractivity contribution in [2.45, 2.75) is 13.8 Å². The highest BCUT2D eigenvalue weighted by Gasteiger charge is 2.22. The monoisotopic (exact) mass is 422 g/mol. The zero-order chi connectivity index (χ0) is 22.5. The molecule has 31 heavy (non-hydrogen) atoms. The van der Waals surface area contributed by atoms with Crippen LogP contribution < -0.4 is 14.8 Å². The number of methoxy groups -OCH3 is 2. The Morgan fingerprint density at radius 2 is 1.81 bits per heavy atom. The van der Waals surface area contributed by atoms with Crippen molar-refractivity contribution in [2.24, 2.45) is 0 Å². The third-order valence-corrected chi connectivity index (χ3v) is 4.69. The zero-order valence-electron chi connectivity index (χ0n) is 17.6. The number of ether oxygens (including phenoxy) is 2. The van der Waals surface area contributed by atoms with Gasteiger partial charge in [0.2, 0.25) is 5.91 Å². The Kier molecular flexibility index (Phi) is 6.40. The maximum Gasteiger partial charge on any atom is 0.337 e. The van der Waals surface area contributed by atoms with Gasteiger partial charge in [-0.1, -0.05) is 17.3 Å². The number of aromatic carboxylic acids is 1. The first kappa shape index (κ1) is 21.6. The van der Waals surface area contributed by atoms with Crippen LogP contribution in [0.2, 0.25) is 0 Å². The summed E-state index contributed by atoms with van der Waals surface area (Å²) in [5, 5.41) is 15.8. The third kappa shape index (κ3) is 4.42. The first-order valence-corrected chi connectivity index (χ1v) is 9.37. The lowest BCUT2D eigenvalue weighted by atomic mass is 9.98. The Morgan fingerprint density at radius 3 is 2.42 bits per heavy atom. The first-order valence-electron chi connectivity index (χ1n) is 9.37. The second-order valence-corrected chi connectivity index (χ2v) is 6.64. The highest BCUT2D eigenvalue weighted by Crippen LogP contribution is 2.43. The number of carbonyl (C=O) groups is 2. The van der Waals surface area contributed by atoms with E-state index >= 15 is 0 Å². The van der Waals surface area contributed by atoms with Crippen LogP contribution in [0.1, 0.15) is 27.4 Å². The highest BCUT2D eigenvalue weighted by molar-refractivity contribution is 6.06. The Hall–Kier alpha value is -4.07. The number of aryl methyl sites for hydroxylation is 2. The average molecular weight is 422 g/mol. The van der Waals surface area contributed by atoms with Gasteiger partial charge in [0.1, 0.15) is 17.3 Å². The van der Waals surface area contributed by atoms with Crippen LogP contribution >= 0.6 is 0 Å². The number of nitrogens with zero attached hydrogens (tertiary/aromatic N) is 1. The molecule has 1 heterocycles. The van der Waals surface area contributed by atoms with Gasteiger partial charge in [0.15, 0.2) is 0 Å². The van der Waals surface area contributed by atoms with E-state index in [1.807, 2.05) is 6.92 Å². The summed E-state index contributed by atoms with van der Waals surface area (Å²) in [5.41, 5.74) is 2.94. The minimum absolute atomic E-state index is 0.00646. The summed E-state index contributed by atoms with van der Waals surface area (Å²) in [6, 6.07) is 9.71. The van der Waals surface area contributed by atoms with E-state index in [1.165, 1.54) is 25.3 Å². The maximum atomic E-state index is 12.4. The smallest absolute Gasteiger partial charge is 0.337 e. The number of hydrogen-bond donors (Lipinski definition) is 2. The van der Waals surface area contributed by atoms with Crippen molar-refractivity contribution in [2.75, 3.05) is 19.5 Å². The lowest BCUT2D eigenvalue weighted by Gasteiger charge is -2.15. The van der Waals surface area contributed by atoms with E-state index in [4.69, 9.17) is 14.0 Å². The lowest BCUT2D eigenvalue weighted by molar-refractivity contribution is -0.111. The number of carboxylic acids is 1. The summed E-state index contributed by atoms with van der Waals surface area (Å²) in [7, 11) is 3.08. The van der Waals surface area contributed by atoms with Crippen LogP contribution in [-0.2, 0) is 4.79 Å². The zero-order valence-corrected chi connectivity index (χ0v) is 17.6. The van der Waals surface area contributed by atoms with Crippen LogP contribution in [0.5, 0.6) is 11.5 Å². The van der Waals surface area contributed by atoms with Crippen LogP contribution in [0.3, 0.4) is 0 Å². The van der Waals surface area contributed by atoms with Crippen LogP contribution in [0, 0.1) is 13.8 Å². The molecule has 8 heteroatoms. The Bertz CT molecular complexity index is 1140. The number of para-hydroxylation sites is 1. The normalized spacial score (nSPS) is 10.8. The Morgan fingerprint density at radius 1 is 1.06 bits per heavy atom. The molecule has 0 unspecified atom stereocenters. The molecule has 0 aliphatic rings. The van der Waals surface area contributed by atoms with E-state index in [0.29, 0.717) is 34.1 Å². The van der Waals surface area contributed by atoms with Crippen LogP contribution in [0.15, 0.2) is 47.0 Å². The number of carbonyl (C=O) groups excluding carboxylic acids is 1. The quantitative estimate of drug-likeness (QED) is 0.545. The van der Waals surface area contributed by atoms with Crippen LogP contribution in [0.4, 0.5) is 5.69 Å². The predicted octanol–water partition coefficient (Wildman–Crippen LogP) is 4.33. The van der Waals surface area contributed by atoms with Gasteiger partial charge in [-0.15, -0.1) is 0 Å². The fourth-order valence-corrected chi connectivity index (χ4v) is 3.30. The molecule has 2 aromatic carbocycles. The van der Waals surface area contributed by atoms with E-state index in [2.05, 4.69) is 10.5 Å². The minimum atomic E-state index is -1.12. The molecular formula is C23H22N2O6. The van der Waals surface area contributed by atoms with Crippen LogP contribution in [0.25, 0.3) is 17.2 Å². The second kappa shape index (κ2) is 9.17. The van der Waals surface area contributed by atoms with Gasteiger partial charge in [-0.05, 0) is 44.2 Å². The van der Waals surface area contributed by atoms with Gasteiger partial charge in [-0.25, -0.2) is 4.79 Å². The molecule has 0 saturated carbocycles. The molecule has 0 aliphatic carbocycles. The van der Waals surface area contributed by atoms with E-state index in [-0.39, 0.29) is 11.3 Å². The number of benzene rings is 2. The van der Waals surface area contributed by atoms with Crippen molar-refractivity contribution in [3.8, 4) is 22.6 Å². The summed E-state index contributed by atoms with van der Waals surface area (Å²) in [6.45, 7) is 3.62. The van der Waals surface area contributed by atoms with E-state index in [1.54, 1.807) is 44.4 Å². The fraction of sp³-hybridized carbons (Fsp3) is 0.174. The third-order valence-electron chi connectivity index (χ3n) is 4.69. The molecule has 1 amide bonds. The molecule has 0 radical (unpaired) electrons. The number of aromatic nitrogens is 1. The van der Waals surface area contributed by atoms with Gasteiger partial charge >= 0.3 is 5.97 Å². The number of nitrogens with one attached hydrogen (secondary N) is 1. The molecule has 0 fully saturated rings. The minimum Gasteiger partial charge on any atom is -0.496 e. The van der Waals surface area contributed by atoms with E-state index < -0.39 is 11.9 Å². The van der Waals surface area contributed by atoms with Gasteiger partial charge in [0.05, 0.1) is 42.3 Å². The fourth-order valence-electron chi connectivity index (χ4n) is 3.30. The largest absolute Gasteiger partial charge is 0.496 e. The van der Waals surface area contributed by atoms with Gasteiger partial charge in [-0.2, -0.15) is 0 Å². The lowest BCUT2D eigenvalue weighted by Crippen LogP contribution is -2.11. The van der Waals surface area contributed by atoms with Crippen molar-refractivity contribution >= 4 is 23.6 Å². The first-order chi connectivity index (χ1) is 14.9. The molecule has 0 saturated heterocycles. The number of anilines is 1. The summed E-state index contributed by atoms with van der Waals surface area (Å²) >= 11 is 0. The van der Waals surface area contributed by atoms with Gasteiger partial charge in [-0.3, -0.25) is 4.79 Å². The molecule has 0 bridgehead atoms. The predicted molar refractivity (Wildman–Crippen MR) is 116 cm³/mol. The Labute approximate surface area is 179 Å². The standard InChI is InChI=1S/C23H22N2O6/c1-13-20(14(2)31-25-13)21-18(29-3)11-9-15(22(21)30-4)10-12-19(26)24-17-8-6-5-7-16(17)23(27)28/h5-12H,1-4H3,(H,24,26)(H,27,28). The van der Waals surface area contributed by atoms with Crippen molar-refractivity contribution in [1.82, 2.24) is 5.16 Å². The number of rotatable bonds is 7. The number of amides is 1. The molecule has 0 aliphatic heterocycles. The van der Waals surface area contributed by atoms with Crippen LogP contribution in [-0.4, -0.2) is 36.4 Å². The molecule has 0 atom stereocenters. The molecule has 3 aromatic rings. The summed E-state index contributed by atoms with van der Waals surface area (Å²) < 4.78 is 16.4. The van der Waals surface area contributed by atoms with Gasteiger partial charge < -0.3 is 24.4 Å². The average Bonchev–Trinajstić information content (AvgIpc) is 3.09. The van der Waals surface area contributed by atoms with Gasteiger partial charge in [0, 0.05) is 11.6 Å². The molecule has 3 rings (SSSR count). The van der Waals surface area contributed by atoms with Crippen molar-refractivity contribution in [3.63, 3.8) is 0 Å². The van der Waals surface area contributed by atoms with Crippen molar-refractivity contribution < 1.29 is 28.7 Å². The topological polar surface area (TPSA) is 111 Å². The summed E-state index contributed by atoms with van der Waals surface area (Å²) in [6.07, 6.45) is 2.89. The molecule has 0 spiro atoms. The van der Waals surface area contributed by atoms with Crippen molar-refractivity contribution in [3.05, 3.63) is 65.1 Å². The molecular weight excluding hydrogens is 400 g/mol. The highest BCUT2D eigenvalue weighted by atomic mass is 16.5. The maximum absolute atomic E-state index is 12.4. The van der Waals surface area contributed by atoms with Gasteiger partial charge in [0.25, 0.3) is 0 Å².